The smallest absolute Gasteiger partial charge is 0.0332 e. The van der Waals surface area contributed by atoms with Crippen LogP contribution in [0.5, 0.6) is 0 Å². The van der Waals surface area contributed by atoms with E-state index in [-0.39, 0.29) is 0 Å². The van der Waals surface area contributed by atoms with Crippen LogP contribution in [0.4, 0.5) is 0 Å². The second-order valence-electron chi connectivity index (χ2n) is 6.34. The molecule has 1 N–H and O–H groups in total. The first-order valence-corrected chi connectivity index (χ1v) is 7.93. The van der Waals surface area contributed by atoms with Crippen LogP contribution in [0.15, 0.2) is 12.1 Å². The molecule has 2 aliphatic rings. The minimum Gasteiger partial charge on any atom is -0.308 e. The Morgan fingerprint density at radius 1 is 1.44 bits per heavy atom. The van der Waals surface area contributed by atoms with E-state index in [4.69, 9.17) is 0 Å². The molecule has 2 nitrogen and oxygen atoms in total. The number of thiophene rings is 1. The summed E-state index contributed by atoms with van der Waals surface area (Å²) < 4.78 is 0. The molecule has 1 aliphatic carbocycles. The number of nitrogens with one attached hydrogen (secondary N) is 1. The van der Waals surface area contributed by atoms with Crippen LogP contribution in [0.2, 0.25) is 0 Å². The summed E-state index contributed by atoms with van der Waals surface area (Å²) in [4.78, 5) is 5.61. The molecule has 0 bridgehead atoms. The van der Waals surface area contributed by atoms with Crippen LogP contribution >= 0.6 is 11.3 Å². The van der Waals surface area contributed by atoms with Crippen molar-refractivity contribution in [1.82, 2.24) is 10.2 Å². The van der Waals surface area contributed by atoms with E-state index >= 15 is 0 Å². The third kappa shape index (κ3) is 2.49. The van der Waals surface area contributed by atoms with Gasteiger partial charge in [0.25, 0.3) is 0 Å². The Bertz CT molecular complexity index is 424. The van der Waals surface area contributed by atoms with Crippen molar-refractivity contribution < 1.29 is 0 Å². The van der Waals surface area contributed by atoms with E-state index in [1.54, 1.807) is 0 Å². The predicted octanol–water partition coefficient (Wildman–Crippen LogP) is 3.02. The lowest BCUT2D eigenvalue weighted by molar-refractivity contribution is 0.0779. The molecule has 1 aromatic heterocycles. The van der Waals surface area contributed by atoms with Crippen LogP contribution in [-0.2, 0) is 6.54 Å². The molecule has 3 heteroatoms. The highest BCUT2D eigenvalue weighted by Gasteiger charge is 2.45. The largest absolute Gasteiger partial charge is 0.308 e. The second-order valence-corrected chi connectivity index (χ2v) is 7.71. The molecule has 1 aromatic rings. The first kappa shape index (κ1) is 12.6. The zero-order valence-corrected chi connectivity index (χ0v) is 12.5. The first-order chi connectivity index (χ1) is 8.57. The molecule has 100 valence electrons. The van der Waals surface area contributed by atoms with Gasteiger partial charge in [-0.05, 0) is 51.7 Å². The van der Waals surface area contributed by atoms with Crippen molar-refractivity contribution >= 4 is 11.3 Å². The van der Waals surface area contributed by atoms with Crippen LogP contribution in [0.25, 0.3) is 0 Å². The summed E-state index contributed by atoms with van der Waals surface area (Å²) in [5.74, 6) is 0.914. The average molecular weight is 264 g/mol. The molecule has 0 spiro atoms. The summed E-state index contributed by atoms with van der Waals surface area (Å²) in [7, 11) is 0. The minimum absolute atomic E-state index is 0.360. The van der Waals surface area contributed by atoms with Crippen molar-refractivity contribution in [3.05, 3.63) is 21.9 Å². The molecule has 2 atom stereocenters. The topological polar surface area (TPSA) is 15.3 Å². The number of rotatable bonds is 3. The van der Waals surface area contributed by atoms with Gasteiger partial charge >= 0.3 is 0 Å². The Morgan fingerprint density at radius 3 is 2.83 bits per heavy atom. The van der Waals surface area contributed by atoms with Gasteiger partial charge in [0.1, 0.15) is 0 Å². The maximum Gasteiger partial charge on any atom is 0.0332 e. The first-order valence-electron chi connectivity index (χ1n) is 7.11. The van der Waals surface area contributed by atoms with Crippen molar-refractivity contribution in [3.63, 3.8) is 0 Å². The van der Waals surface area contributed by atoms with E-state index in [9.17, 15) is 0 Å². The van der Waals surface area contributed by atoms with Gasteiger partial charge in [-0.1, -0.05) is 0 Å². The molecule has 1 saturated carbocycles. The number of hydrogen-bond acceptors (Lipinski definition) is 3. The summed E-state index contributed by atoms with van der Waals surface area (Å²) in [5.41, 5.74) is 0.360. The monoisotopic (exact) mass is 264 g/mol. The zero-order chi connectivity index (χ0) is 12.8. The van der Waals surface area contributed by atoms with Crippen molar-refractivity contribution in [2.45, 2.75) is 51.7 Å². The molecular weight excluding hydrogens is 240 g/mol. The van der Waals surface area contributed by atoms with Gasteiger partial charge in [0, 0.05) is 41.0 Å². The Kier molecular flexibility index (Phi) is 3.25. The summed E-state index contributed by atoms with van der Waals surface area (Å²) in [6.45, 7) is 10.4. The molecule has 1 aliphatic heterocycles. The number of piperazine rings is 1. The summed E-state index contributed by atoms with van der Waals surface area (Å²) in [6.07, 6.45) is 2.84. The third-order valence-corrected chi connectivity index (χ3v) is 5.57. The SMILES string of the molecule is Cc1ccc(CN2CC(C)(C3CC3)NCC2C)s1. The molecule has 0 amide bonds. The van der Waals surface area contributed by atoms with Gasteiger partial charge in [0.15, 0.2) is 0 Å². The van der Waals surface area contributed by atoms with Gasteiger partial charge < -0.3 is 5.32 Å². The fourth-order valence-corrected chi connectivity index (χ4v) is 4.04. The van der Waals surface area contributed by atoms with Crippen LogP contribution in [-0.4, -0.2) is 29.6 Å². The van der Waals surface area contributed by atoms with Gasteiger partial charge in [-0.2, -0.15) is 0 Å². The van der Waals surface area contributed by atoms with E-state index in [1.807, 2.05) is 11.3 Å². The quantitative estimate of drug-likeness (QED) is 0.903. The van der Waals surface area contributed by atoms with Crippen molar-refractivity contribution in [2.24, 2.45) is 5.92 Å². The fraction of sp³-hybridized carbons (Fsp3) is 0.733. The minimum atomic E-state index is 0.360. The summed E-state index contributed by atoms with van der Waals surface area (Å²) in [5, 5.41) is 3.79. The highest BCUT2D eigenvalue weighted by atomic mass is 32.1. The average Bonchev–Trinajstić information content (AvgIpc) is 3.10. The molecule has 0 radical (unpaired) electrons. The van der Waals surface area contributed by atoms with Crippen LogP contribution < -0.4 is 5.32 Å². The molecule has 2 fully saturated rings. The number of hydrogen-bond donors (Lipinski definition) is 1. The molecule has 0 aromatic carbocycles. The lowest BCUT2D eigenvalue weighted by atomic mass is 9.91. The molecule has 2 unspecified atom stereocenters. The van der Waals surface area contributed by atoms with Crippen molar-refractivity contribution in [2.75, 3.05) is 13.1 Å². The van der Waals surface area contributed by atoms with Crippen molar-refractivity contribution in [3.8, 4) is 0 Å². The van der Waals surface area contributed by atoms with Gasteiger partial charge in [0.2, 0.25) is 0 Å². The molecule has 3 rings (SSSR count). The lowest BCUT2D eigenvalue weighted by Gasteiger charge is -2.45. The maximum absolute atomic E-state index is 3.79. The van der Waals surface area contributed by atoms with Gasteiger partial charge in [-0.25, -0.2) is 0 Å². The number of aryl methyl sites for hydroxylation is 1. The Balaban J connectivity index is 1.69. The van der Waals surface area contributed by atoms with Crippen LogP contribution in [0.1, 0.15) is 36.4 Å². The van der Waals surface area contributed by atoms with Gasteiger partial charge in [0.05, 0.1) is 0 Å². The predicted molar refractivity (Wildman–Crippen MR) is 78.1 cm³/mol. The highest BCUT2D eigenvalue weighted by Crippen LogP contribution is 2.41. The zero-order valence-electron chi connectivity index (χ0n) is 11.7. The van der Waals surface area contributed by atoms with E-state index < -0.39 is 0 Å². The maximum atomic E-state index is 3.79. The molecule has 18 heavy (non-hydrogen) atoms. The molecule has 2 heterocycles. The Hall–Kier alpha value is -0.380. The third-order valence-electron chi connectivity index (χ3n) is 4.59. The molecular formula is C15H24N2S. The van der Waals surface area contributed by atoms with Crippen LogP contribution in [0.3, 0.4) is 0 Å². The Morgan fingerprint density at radius 2 is 2.22 bits per heavy atom. The summed E-state index contributed by atoms with van der Waals surface area (Å²) >= 11 is 1.95. The standard InChI is InChI=1S/C15H24N2S/c1-11-8-16-15(3,13-5-6-13)10-17(11)9-14-7-4-12(2)18-14/h4,7,11,13,16H,5-6,8-10H2,1-3H3. The lowest BCUT2D eigenvalue weighted by Crippen LogP contribution is -2.62. The van der Waals surface area contributed by atoms with Crippen molar-refractivity contribution in [1.29, 1.82) is 0 Å². The second kappa shape index (κ2) is 4.62. The fourth-order valence-electron chi connectivity index (χ4n) is 3.12. The van der Waals surface area contributed by atoms with E-state index in [0.29, 0.717) is 11.6 Å². The van der Waals surface area contributed by atoms with E-state index in [1.165, 1.54) is 29.1 Å². The Labute approximate surface area is 114 Å². The summed E-state index contributed by atoms with van der Waals surface area (Å²) in [6, 6.07) is 5.19. The van der Waals surface area contributed by atoms with Gasteiger partial charge in [-0.3, -0.25) is 4.90 Å². The van der Waals surface area contributed by atoms with E-state index in [2.05, 4.69) is 43.1 Å². The normalized spacial score (nSPS) is 33.8. The molecule has 1 saturated heterocycles. The number of nitrogens with zero attached hydrogens (tertiary/aromatic N) is 1. The van der Waals surface area contributed by atoms with Crippen LogP contribution in [0, 0.1) is 12.8 Å². The van der Waals surface area contributed by atoms with Gasteiger partial charge in [-0.15, -0.1) is 11.3 Å². The van der Waals surface area contributed by atoms with E-state index in [0.717, 1.165) is 19.0 Å². The highest BCUT2D eigenvalue weighted by molar-refractivity contribution is 7.11.